The highest BCUT2D eigenvalue weighted by atomic mass is 79.9. The van der Waals surface area contributed by atoms with Gasteiger partial charge in [0.05, 0.1) is 17.2 Å². The van der Waals surface area contributed by atoms with Crippen molar-refractivity contribution in [2.24, 2.45) is 0 Å². The van der Waals surface area contributed by atoms with E-state index in [4.69, 9.17) is 9.47 Å². The second-order valence-electron chi connectivity index (χ2n) is 7.15. The minimum atomic E-state index is -0.578. The van der Waals surface area contributed by atoms with Crippen molar-refractivity contribution in [3.63, 3.8) is 0 Å². The SMILES string of the molecule is CCSCCOC(=O)C1=C(C)NC2=C(C(=O)CCC2)[C@H]1c1cc(Br)c(O)c(OC)c1. The summed E-state index contributed by atoms with van der Waals surface area (Å²) in [5.41, 5.74) is 3.25. The number of esters is 1. The van der Waals surface area contributed by atoms with Crippen LogP contribution in [0.1, 0.15) is 44.6 Å². The second kappa shape index (κ2) is 9.92. The van der Waals surface area contributed by atoms with E-state index in [1.54, 1.807) is 23.9 Å². The number of halogens is 1. The van der Waals surface area contributed by atoms with Crippen LogP contribution in [0.2, 0.25) is 0 Å². The Morgan fingerprint density at radius 1 is 1.37 bits per heavy atom. The molecular weight excluding hydrogens is 470 g/mol. The molecule has 0 spiro atoms. The van der Waals surface area contributed by atoms with Crippen LogP contribution in [-0.4, -0.2) is 42.1 Å². The van der Waals surface area contributed by atoms with E-state index < -0.39 is 11.9 Å². The van der Waals surface area contributed by atoms with Gasteiger partial charge in [-0.1, -0.05) is 6.92 Å². The molecule has 30 heavy (non-hydrogen) atoms. The maximum absolute atomic E-state index is 13.1. The Morgan fingerprint density at radius 2 is 2.13 bits per heavy atom. The van der Waals surface area contributed by atoms with Crippen molar-refractivity contribution in [3.05, 3.63) is 44.7 Å². The quantitative estimate of drug-likeness (QED) is 0.427. The van der Waals surface area contributed by atoms with E-state index in [2.05, 4.69) is 28.2 Å². The first-order chi connectivity index (χ1) is 14.4. The number of rotatable bonds is 7. The Morgan fingerprint density at radius 3 is 2.83 bits per heavy atom. The van der Waals surface area contributed by atoms with Crippen LogP contribution in [-0.2, 0) is 14.3 Å². The van der Waals surface area contributed by atoms with Crippen LogP contribution in [0.15, 0.2) is 39.1 Å². The molecule has 2 aliphatic rings. The van der Waals surface area contributed by atoms with Crippen LogP contribution in [0.4, 0.5) is 0 Å². The van der Waals surface area contributed by atoms with Gasteiger partial charge in [-0.05, 0) is 59.1 Å². The summed E-state index contributed by atoms with van der Waals surface area (Å²) in [6.07, 6.45) is 1.98. The number of ether oxygens (including phenoxy) is 2. The van der Waals surface area contributed by atoms with Crippen LogP contribution < -0.4 is 10.1 Å². The van der Waals surface area contributed by atoms with Gasteiger partial charge in [0, 0.05) is 35.1 Å². The highest BCUT2D eigenvalue weighted by Gasteiger charge is 2.39. The summed E-state index contributed by atoms with van der Waals surface area (Å²) in [7, 11) is 1.46. The molecule has 1 heterocycles. The number of benzene rings is 1. The van der Waals surface area contributed by atoms with E-state index >= 15 is 0 Å². The Kier molecular flexibility index (Phi) is 7.52. The lowest BCUT2D eigenvalue weighted by molar-refractivity contribution is -0.138. The molecule has 0 bridgehead atoms. The molecule has 1 aromatic carbocycles. The van der Waals surface area contributed by atoms with E-state index in [0.717, 1.165) is 30.0 Å². The summed E-state index contributed by atoms with van der Waals surface area (Å²) in [6.45, 7) is 4.20. The summed E-state index contributed by atoms with van der Waals surface area (Å²) < 4.78 is 11.3. The lowest BCUT2D eigenvalue weighted by Gasteiger charge is -2.34. The Hall–Kier alpha value is -1.93. The number of ketones is 1. The monoisotopic (exact) mass is 495 g/mol. The number of nitrogens with one attached hydrogen (secondary N) is 1. The minimum Gasteiger partial charge on any atom is -0.503 e. The molecule has 1 aromatic rings. The number of hydrogen-bond donors (Lipinski definition) is 2. The molecule has 6 nitrogen and oxygen atoms in total. The van der Waals surface area contributed by atoms with Gasteiger partial charge in [0.25, 0.3) is 0 Å². The smallest absolute Gasteiger partial charge is 0.336 e. The molecule has 0 radical (unpaired) electrons. The standard InChI is InChI=1S/C22H26BrNO5S/c1-4-30-9-8-29-22(27)18-12(2)24-15-6-5-7-16(25)20(15)19(18)13-10-14(23)21(26)17(11-13)28-3/h10-11,19,24,26H,4-9H2,1-3H3/t19-/m0/s1. The van der Waals surface area contributed by atoms with Crippen molar-refractivity contribution in [1.29, 1.82) is 0 Å². The summed E-state index contributed by atoms with van der Waals surface area (Å²) in [5, 5.41) is 13.5. The fraction of sp³-hybridized carbons (Fsp3) is 0.455. The van der Waals surface area contributed by atoms with Crippen LogP contribution in [0.25, 0.3) is 0 Å². The number of allylic oxidation sites excluding steroid dienone is 3. The first kappa shape index (κ1) is 22.7. The predicted octanol–water partition coefficient (Wildman–Crippen LogP) is 4.43. The van der Waals surface area contributed by atoms with E-state index in [1.165, 1.54) is 7.11 Å². The fourth-order valence-corrected chi connectivity index (χ4v) is 4.87. The summed E-state index contributed by atoms with van der Waals surface area (Å²) in [4.78, 5) is 26.0. The highest BCUT2D eigenvalue weighted by molar-refractivity contribution is 9.10. The lowest BCUT2D eigenvalue weighted by Crippen LogP contribution is -2.34. The summed E-state index contributed by atoms with van der Waals surface area (Å²) >= 11 is 5.06. The lowest BCUT2D eigenvalue weighted by atomic mass is 9.75. The number of phenolic OH excluding ortho intramolecular Hbond substituents is 1. The van der Waals surface area contributed by atoms with Gasteiger partial charge in [0.1, 0.15) is 6.61 Å². The molecule has 0 unspecified atom stereocenters. The van der Waals surface area contributed by atoms with E-state index in [-0.39, 0.29) is 17.3 Å². The fourth-order valence-electron chi connectivity index (χ4n) is 3.92. The predicted molar refractivity (Wildman–Crippen MR) is 121 cm³/mol. The van der Waals surface area contributed by atoms with E-state index in [1.807, 2.05) is 6.92 Å². The third-order valence-corrected chi connectivity index (χ3v) is 6.73. The van der Waals surface area contributed by atoms with Gasteiger partial charge in [0.15, 0.2) is 17.3 Å². The molecular formula is C22H26BrNO5S. The van der Waals surface area contributed by atoms with Gasteiger partial charge in [-0.3, -0.25) is 4.79 Å². The molecule has 0 amide bonds. The number of hydrogen-bond acceptors (Lipinski definition) is 7. The molecule has 1 atom stereocenters. The molecule has 162 valence electrons. The number of methoxy groups -OCH3 is 1. The molecule has 0 fully saturated rings. The molecule has 1 aliphatic heterocycles. The second-order valence-corrected chi connectivity index (χ2v) is 9.40. The van der Waals surface area contributed by atoms with Crippen LogP contribution in [0, 0.1) is 0 Å². The molecule has 0 saturated carbocycles. The van der Waals surface area contributed by atoms with Crippen LogP contribution in [0.5, 0.6) is 11.5 Å². The number of phenols is 1. The zero-order valence-electron chi connectivity index (χ0n) is 17.3. The summed E-state index contributed by atoms with van der Waals surface area (Å²) in [6, 6.07) is 3.41. The van der Waals surface area contributed by atoms with Gasteiger partial charge < -0.3 is 19.9 Å². The maximum atomic E-state index is 13.1. The third-order valence-electron chi connectivity index (χ3n) is 5.26. The molecule has 8 heteroatoms. The van der Waals surface area contributed by atoms with Crippen molar-refractivity contribution in [2.45, 2.75) is 39.0 Å². The molecule has 2 N–H and O–H groups in total. The topological polar surface area (TPSA) is 84.9 Å². The number of Topliss-reactive ketones (excluding diaryl/α,β-unsaturated/α-hetero) is 1. The van der Waals surface area contributed by atoms with Gasteiger partial charge in [-0.2, -0.15) is 11.8 Å². The molecule has 1 aliphatic carbocycles. The zero-order valence-corrected chi connectivity index (χ0v) is 19.7. The Bertz CT molecular complexity index is 924. The Labute approximate surface area is 189 Å². The number of aromatic hydroxyl groups is 1. The van der Waals surface area contributed by atoms with Gasteiger partial charge in [-0.15, -0.1) is 0 Å². The zero-order chi connectivity index (χ0) is 21.8. The molecule has 3 rings (SSSR count). The normalized spacial score (nSPS) is 18.8. The first-order valence-corrected chi connectivity index (χ1v) is 11.9. The van der Waals surface area contributed by atoms with E-state index in [0.29, 0.717) is 39.9 Å². The molecule has 0 saturated heterocycles. The maximum Gasteiger partial charge on any atom is 0.336 e. The number of dihydropyridines is 1. The van der Waals surface area contributed by atoms with E-state index in [9.17, 15) is 14.7 Å². The number of thioether (sulfide) groups is 1. The third kappa shape index (κ3) is 4.54. The largest absolute Gasteiger partial charge is 0.503 e. The molecule has 0 aromatic heterocycles. The number of carbonyl (C=O) groups excluding carboxylic acids is 2. The first-order valence-electron chi connectivity index (χ1n) is 9.94. The van der Waals surface area contributed by atoms with Gasteiger partial charge in [-0.25, -0.2) is 4.79 Å². The van der Waals surface area contributed by atoms with Crippen molar-refractivity contribution < 1.29 is 24.2 Å². The average Bonchev–Trinajstić information content (AvgIpc) is 2.72. The van der Waals surface area contributed by atoms with Crippen molar-refractivity contribution >= 4 is 39.4 Å². The average molecular weight is 496 g/mol. The van der Waals surface area contributed by atoms with Gasteiger partial charge >= 0.3 is 5.97 Å². The van der Waals surface area contributed by atoms with Crippen LogP contribution >= 0.6 is 27.7 Å². The van der Waals surface area contributed by atoms with Crippen molar-refractivity contribution in [3.8, 4) is 11.5 Å². The van der Waals surface area contributed by atoms with Crippen LogP contribution in [0.3, 0.4) is 0 Å². The summed E-state index contributed by atoms with van der Waals surface area (Å²) in [5.74, 6) is 0.930. The van der Waals surface area contributed by atoms with Crippen molar-refractivity contribution in [2.75, 3.05) is 25.2 Å². The minimum absolute atomic E-state index is 0.0243. The van der Waals surface area contributed by atoms with Gasteiger partial charge in [0.2, 0.25) is 0 Å². The number of carbonyl (C=O) groups is 2. The highest BCUT2D eigenvalue weighted by Crippen LogP contribution is 2.46. The van der Waals surface area contributed by atoms with Crippen molar-refractivity contribution in [1.82, 2.24) is 5.32 Å². The Balaban J connectivity index is 2.08.